The van der Waals surface area contributed by atoms with E-state index >= 15 is 0 Å². The Morgan fingerprint density at radius 3 is 2.04 bits per heavy atom. The van der Waals surface area contributed by atoms with E-state index in [4.69, 9.17) is 18.9 Å². The van der Waals surface area contributed by atoms with Crippen LogP contribution in [0, 0.1) is 17.3 Å². The number of carbonyl (C=O) groups is 4. The zero-order valence-electron chi connectivity index (χ0n) is 32.8. The van der Waals surface area contributed by atoms with Crippen LogP contribution in [0.1, 0.15) is 157 Å². The number of esters is 4. The molecular weight excluding hydrogens is 695 g/mol. The zero-order valence-corrected chi connectivity index (χ0v) is 36.6. The minimum atomic E-state index is -1.12. The van der Waals surface area contributed by atoms with E-state index in [1.807, 2.05) is 6.92 Å². The predicted octanol–water partition coefficient (Wildman–Crippen LogP) is 3.45. The summed E-state index contributed by atoms with van der Waals surface area (Å²) in [4.78, 5) is 51.2. The molecule has 0 aromatic carbocycles. The van der Waals surface area contributed by atoms with Crippen molar-refractivity contribution in [2.24, 2.45) is 17.3 Å². The summed E-state index contributed by atoms with van der Waals surface area (Å²) in [5.74, 6) is -1.20. The molecule has 1 heterocycles. The predicted molar refractivity (Wildman–Crippen MR) is 191 cm³/mol. The second-order valence-corrected chi connectivity index (χ2v) is 15.3. The van der Waals surface area contributed by atoms with Crippen molar-refractivity contribution < 1.29 is 102 Å². The molecule has 3 rings (SSSR count). The Morgan fingerprint density at radius 2 is 1.49 bits per heavy atom. The van der Waals surface area contributed by atoms with Gasteiger partial charge in [0.15, 0.2) is 0 Å². The molecule has 1 saturated heterocycles. The fourth-order valence-electron chi connectivity index (χ4n) is 8.33. The van der Waals surface area contributed by atoms with Crippen LogP contribution in [0.25, 0.3) is 0 Å². The first-order valence-electron chi connectivity index (χ1n) is 19.1. The van der Waals surface area contributed by atoms with Gasteiger partial charge in [-0.25, -0.2) is 9.59 Å². The summed E-state index contributed by atoms with van der Waals surface area (Å²) in [6, 6.07) is 0. The summed E-state index contributed by atoms with van der Waals surface area (Å²) in [6.45, 7) is 9.90. The van der Waals surface area contributed by atoms with Crippen molar-refractivity contribution in [2.45, 2.75) is 168 Å². The third kappa shape index (κ3) is 13.4. The SMILES string of the molecule is COC(=O)C1=CC[C@@]23CC[C@@H]([C@@](C)(/C=C/C=C(\C)C(=O)OCCCCCCCCCCCCCCCC(C)C)OC2=O)[C@@]3(OC(C)=O)CC1.[Cl-].[K+]. The molecule has 0 N–H and O–H groups in total. The van der Waals surface area contributed by atoms with Crippen molar-refractivity contribution >= 4 is 23.9 Å². The van der Waals surface area contributed by atoms with Crippen LogP contribution in [0.4, 0.5) is 0 Å². The molecule has 284 valence electrons. The first kappa shape index (κ1) is 48.0. The minimum Gasteiger partial charge on any atom is -1.00 e. The van der Waals surface area contributed by atoms with E-state index in [-0.39, 0.29) is 82.1 Å². The van der Waals surface area contributed by atoms with Crippen LogP contribution in [-0.2, 0) is 38.1 Å². The summed E-state index contributed by atoms with van der Waals surface area (Å²) in [7, 11) is 1.33. The van der Waals surface area contributed by atoms with Gasteiger partial charge in [0.2, 0.25) is 0 Å². The molecule has 0 unspecified atom stereocenters. The molecule has 0 spiro atoms. The maximum absolute atomic E-state index is 13.8. The van der Waals surface area contributed by atoms with E-state index in [1.54, 1.807) is 31.2 Å². The van der Waals surface area contributed by atoms with E-state index in [1.165, 1.54) is 91.1 Å². The van der Waals surface area contributed by atoms with E-state index < -0.39 is 34.5 Å². The van der Waals surface area contributed by atoms with Gasteiger partial charge in [-0.3, -0.25) is 9.59 Å². The van der Waals surface area contributed by atoms with Crippen molar-refractivity contribution in [3.05, 3.63) is 35.5 Å². The molecule has 1 aliphatic heterocycles. The number of cyclic esters (lactones) is 1. The van der Waals surface area contributed by atoms with Gasteiger partial charge >= 0.3 is 75.3 Å². The van der Waals surface area contributed by atoms with Gasteiger partial charge in [0.1, 0.15) is 16.6 Å². The average Bonchev–Trinajstić information content (AvgIpc) is 3.20. The summed E-state index contributed by atoms with van der Waals surface area (Å²) < 4.78 is 22.7. The fraction of sp³-hybridized carbons (Fsp3) is 0.756. The smallest absolute Gasteiger partial charge is 1.00 e. The molecule has 2 aliphatic carbocycles. The number of rotatable bonds is 21. The summed E-state index contributed by atoms with van der Waals surface area (Å²) in [6.07, 6.45) is 26.8. The topological polar surface area (TPSA) is 105 Å². The Bertz CT molecular complexity index is 1230. The van der Waals surface area contributed by atoms with Gasteiger partial charge in [-0.05, 0) is 64.4 Å². The molecule has 2 fully saturated rings. The Balaban J connectivity index is 0.00000650. The molecule has 51 heavy (non-hydrogen) atoms. The maximum atomic E-state index is 13.8. The van der Waals surface area contributed by atoms with Gasteiger partial charge in [-0.15, -0.1) is 0 Å². The van der Waals surface area contributed by atoms with Crippen molar-refractivity contribution in [1.29, 1.82) is 0 Å². The molecule has 0 radical (unpaired) electrons. The molecule has 0 amide bonds. The fourth-order valence-corrected chi connectivity index (χ4v) is 8.33. The van der Waals surface area contributed by atoms with E-state index in [9.17, 15) is 19.2 Å². The van der Waals surface area contributed by atoms with Gasteiger partial charge in [-0.2, -0.15) is 0 Å². The third-order valence-electron chi connectivity index (χ3n) is 11.1. The van der Waals surface area contributed by atoms with Gasteiger partial charge in [0.25, 0.3) is 0 Å². The first-order chi connectivity index (χ1) is 23.4. The summed E-state index contributed by atoms with van der Waals surface area (Å²) in [5.41, 5.74) is -2.33. The monoisotopic (exact) mass is 758 g/mol. The molecule has 1 saturated carbocycles. The number of allylic oxidation sites excluding steroid dienone is 3. The largest absolute Gasteiger partial charge is 1.00 e. The number of unbranched alkanes of at least 4 members (excludes halogenated alkanes) is 12. The van der Waals surface area contributed by atoms with Crippen molar-refractivity contribution in [1.82, 2.24) is 0 Å². The Kier molecular flexibility index (Phi) is 22.4. The van der Waals surface area contributed by atoms with Crippen LogP contribution >= 0.6 is 0 Å². The summed E-state index contributed by atoms with van der Waals surface area (Å²) >= 11 is 0. The van der Waals surface area contributed by atoms with Crippen LogP contribution in [0.5, 0.6) is 0 Å². The Labute approximate surface area is 356 Å². The van der Waals surface area contributed by atoms with Crippen LogP contribution < -0.4 is 63.8 Å². The van der Waals surface area contributed by atoms with E-state index in [0.29, 0.717) is 43.4 Å². The third-order valence-corrected chi connectivity index (χ3v) is 11.1. The van der Waals surface area contributed by atoms with Gasteiger partial charge in [0, 0.05) is 24.0 Å². The number of hydrogen-bond donors (Lipinski definition) is 0. The second kappa shape index (κ2) is 23.7. The minimum absolute atomic E-state index is 0. The standard InChI is InChI=1S/C41H64O8.ClH.K/c1-31(2)21-18-16-14-12-10-8-7-9-11-13-15-17-19-30-47-36(43)32(3)22-20-26-39(5)35-25-28-40(38(45)49-39)27-23-34(37(44)46-6)24-29-41(35,40)48-33(4)42;;/h20,22-23,26,31,35H,7-19,21,24-25,27-30H2,1-6H3;1H;/q;;+1/p-1/b26-20+,32-22+;;/t35-,39+,40+,41-;;/m0../s1. The quantitative estimate of drug-likeness (QED) is 0.0438. The molecule has 0 aromatic heterocycles. The average molecular weight is 760 g/mol. The van der Waals surface area contributed by atoms with Crippen molar-refractivity contribution in [3.8, 4) is 0 Å². The molecule has 0 aromatic rings. The maximum Gasteiger partial charge on any atom is 1.00 e. The van der Waals surface area contributed by atoms with E-state index in [0.717, 1.165) is 18.8 Å². The van der Waals surface area contributed by atoms with Crippen LogP contribution in [0.2, 0.25) is 0 Å². The summed E-state index contributed by atoms with van der Waals surface area (Å²) in [5, 5.41) is 0. The molecular formula is C41H64ClKO8. The molecule has 3 aliphatic rings. The Hall–Kier alpha value is -0.974. The van der Waals surface area contributed by atoms with Crippen LogP contribution in [-0.4, -0.2) is 48.8 Å². The zero-order chi connectivity index (χ0) is 35.9. The number of hydrogen-bond acceptors (Lipinski definition) is 8. The number of methoxy groups -OCH3 is 1. The van der Waals surface area contributed by atoms with Crippen LogP contribution in [0.15, 0.2) is 35.5 Å². The second-order valence-electron chi connectivity index (χ2n) is 15.3. The number of ether oxygens (including phenoxy) is 4. The molecule has 10 heteroatoms. The first-order valence-corrected chi connectivity index (χ1v) is 19.1. The molecule has 4 atom stereocenters. The van der Waals surface area contributed by atoms with Crippen molar-refractivity contribution in [2.75, 3.05) is 13.7 Å². The van der Waals surface area contributed by atoms with Gasteiger partial charge in [-0.1, -0.05) is 116 Å². The molecule has 2 bridgehead atoms. The van der Waals surface area contributed by atoms with E-state index in [2.05, 4.69) is 13.8 Å². The Morgan fingerprint density at radius 1 is 0.922 bits per heavy atom. The van der Waals surface area contributed by atoms with Gasteiger partial charge in [0.05, 0.1) is 13.7 Å². The molecule has 8 nitrogen and oxygen atoms in total. The number of halogens is 1. The van der Waals surface area contributed by atoms with Gasteiger partial charge < -0.3 is 31.4 Å². The normalized spacial score (nSPS) is 25.5. The van der Waals surface area contributed by atoms with Crippen molar-refractivity contribution in [3.63, 3.8) is 0 Å². The number of carbonyl (C=O) groups excluding carboxylic acids is 4. The van der Waals surface area contributed by atoms with Crippen LogP contribution in [0.3, 0.4) is 0 Å².